The molecular weight excluding hydrogens is 310 g/mol. The quantitative estimate of drug-likeness (QED) is 0.697. The Kier molecular flexibility index (Phi) is 3.85. The van der Waals surface area contributed by atoms with Gasteiger partial charge >= 0.3 is 12.4 Å². The highest BCUT2D eigenvalue weighted by atomic mass is 19.4. The Hall–Kier alpha value is -2.18. The number of hydrogen-bond donors (Lipinski definition) is 1. The van der Waals surface area contributed by atoms with Crippen molar-refractivity contribution in [2.75, 3.05) is 0 Å². The molecular formula is C15H10F6O. The van der Waals surface area contributed by atoms with Gasteiger partial charge in [-0.2, -0.15) is 26.3 Å². The molecule has 0 spiro atoms. The van der Waals surface area contributed by atoms with E-state index in [0.717, 1.165) is 6.07 Å². The highest BCUT2D eigenvalue weighted by Crippen LogP contribution is 2.39. The number of hydrogen-bond acceptors (Lipinski definition) is 1. The summed E-state index contributed by atoms with van der Waals surface area (Å²) < 4.78 is 76.8. The summed E-state index contributed by atoms with van der Waals surface area (Å²) in [6.45, 7) is 1.57. The van der Waals surface area contributed by atoms with Crippen molar-refractivity contribution in [3.63, 3.8) is 0 Å². The zero-order valence-electron chi connectivity index (χ0n) is 11.2. The molecule has 0 heterocycles. The van der Waals surface area contributed by atoms with Crippen LogP contribution in [0.15, 0.2) is 36.4 Å². The molecule has 7 heteroatoms. The minimum absolute atomic E-state index is 0.0686. The van der Waals surface area contributed by atoms with Gasteiger partial charge in [-0.25, -0.2) is 0 Å². The first-order chi connectivity index (χ1) is 9.96. The lowest BCUT2D eigenvalue weighted by atomic mass is 9.98. The number of benzene rings is 2. The summed E-state index contributed by atoms with van der Waals surface area (Å²) in [4.78, 5) is 0. The number of halogens is 6. The van der Waals surface area contributed by atoms with Crippen LogP contribution in [0.5, 0.6) is 5.75 Å². The number of aryl methyl sites for hydroxylation is 1. The predicted molar refractivity (Wildman–Crippen MR) is 68.3 cm³/mol. The molecule has 22 heavy (non-hydrogen) atoms. The SMILES string of the molecule is Cc1cc(O)cc(-c2cc(C(F)(F)F)cc(C(F)(F)F)c2)c1. The second-order valence-electron chi connectivity index (χ2n) is 4.85. The third-order valence-corrected chi connectivity index (χ3v) is 2.98. The lowest BCUT2D eigenvalue weighted by Gasteiger charge is -2.14. The first kappa shape index (κ1) is 16.2. The molecule has 0 aromatic heterocycles. The first-order valence-corrected chi connectivity index (χ1v) is 6.07. The molecule has 0 aliphatic carbocycles. The third-order valence-electron chi connectivity index (χ3n) is 2.98. The topological polar surface area (TPSA) is 20.2 Å². The van der Waals surface area contributed by atoms with Gasteiger partial charge in [0.15, 0.2) is 0 Å². The maximum atomic E-state index is 12.8. The highest BCUT2D eigenvalue weighted by molar-refractivity contribution is 5.68. The Bertz CT molecular complexity index is 648. The molecule has 2 aromatic rings. The van der Waals surface area contributed by atoms with Crippen molar-refractivity contribution in [3.05, 3.63) is 53.1 Å². The molecule has 0 aliphatic heterocycles. The van der Waals surface area contributed by atoms with Crippen LogP contribution in [0.25, 0.3) is 11.1 Å². The molecule has 0 radical (unpaired) electrons. The first-order valence-electron chi connectivity index (χ1n) is 6.07. The van der Waals surface area contributed by atoms with Gasteiger partial charge in [0.25, 0.3) is 0 Å². The molecule has 0 fully saturated rings. The number of alkyl halides is 6. The maximum absolute atomic E-state index is 12.8. The van der Waals surface area contributed by atoms with E-state index in [1.807, 2.05) is 0 Å². The number of phenols is 1. The fourth-order valence-corrected chi connectivity index (χ4v) is 2.05. The van der Waals surface area contributed by atoms with Gasteiger partial charge in [0.1, 0.15) is 5.75 Å². The number of rotatable bonds is 1. The minimum atomic E-state index is -4.90. The number of phenolic OH excluding ortho intramolecular Hbond substituents is 1. The van der Waals surface area contributed by atoms with Crippen molar-refractivity contribution in [1.82, 2.24) is 0 Å². The van der Waals surface area contributed by atoms with Crippen LogP contribution in [-0.4, -0.2) is 5.11 Å². The fraction of sp³-hybridized carbons (Fsp3) is 0.200. The summed E-state index contributed by atoms with van der Waals surface area (Å²) >= 11 is 0. The van der Waals surface area contributed by atoms with E-state index in [0.29, 0.717) is 17.7 Å². The van der Waals surface area contributed by atoms with Gasteiger partial charge in [0, 0.05) is 0 Å². The van der Waals surface area contributed by atoms with E-state index in [1.165, 1.54) is 12.1 Å². The molecule has 0 atom stereocenters. The summed E-state index contributed by atoms with van der Waals surface area (Å²) in [5, 5.41) is 9.47. The maximum Gasteiger partial charge on any atom is 0.416 e. The van der Waals surface area contributed by atoms with Gasteiger partial charge in [-0.15, -0.1) is 0 Å². The normalized spacial score (nSPS) is 12.5. The molecule has 0 unspecified atom stereocenters. The Morgan fingerprint density at radius 2 is 1.14 bits per heavy atom. The van der Waals surface area contributed by atoms with Crippen LogP contribution in [0.3, 0.4) is 0 Å². The third kappa shape index (κ3) is 3.52. The predicted octanol–water partition coefficient (Wildman–Crippen LogP) is 5.41. The highest BCUT2D eigenvalue weighted by Gasteiger charge is 2.37. The fourth-order valence-electron chi connectivity index (χ4n) is 2.05. The molecule has 2 rings (SSSR count). The van der Waals surface area contributed by atoms with Crippen molar-refractivity contribution in [1.29, 1.82) is 0 Å². The minimum Gasteiger partial charge on any atom is -0.508 e. The van der Waals surface area contributed by atoms with Crippen LogP contribution < -0.4 is 0 Å². The van der Waals surface area contributed by atoms with Crippen LogP contribution in [0.2, 0.25) is 0 Å². The summed E-state index contributed by atoms with van der Waals surface area (Å²) in [7, 11) is 0. The van der Waals surface area contributed by atoms with Crippen LogP contribution in [0, 0.1) is 6.92 Å². The van der Waals surface area contributed by atoms with Crippen molar-refractivity contribution in [2.24, 2.45) is 0 Å². The van der Waals surface area contributed by atoms with E-state index >= 15 is 0 Å². The zero-order valence-corrected chi connectivity index (χ0v) is 11.2. The van der Waals surface area contributed by atoms with E-state index in [-0.39, 0.29) is 22.9 Å². The monoisotopic (exact) mass is 320 g/mol. The lowest BCUT2D eigenvalue weighted by Crippen LogP contribution is -2.11. The summed E-state index contributed by atoms with van der Waals surface area (Å²) in [6, 6.07) is 5.19. The van der Waals surface area contributed by atoms with Crippen LogP contribution in [-0.2, 0) is 12.4 Å². The van der Waals surface area contributed by atoms with Crippen molar-refractivity contribution >= 4 is 0 Å². The van der Waals surface area contributed by atoms with E-state index < -0.39 is 23.5 Å². The van der Waals surface area contributed by atoms with E-state index in [9.17, 15) is 31.4 Å². The van der Waals surface area contributed by atoms with E-state index in [1.54, 1.807) is 6.92 Å². The Morgan fingerprint density at radius 3 is 1.55 bits per heavy atom. The van der Waals surface area contributed by atoms with Crippen LogP contribution >= 0.6 is 0 Å². The number of aromatic hydroxyl groups is 1. The van der Waals surface area contributed by atoms with Gasteiger partial charge in [-0.05, 0) is 53.9 Å². The summed E-state index contributed by atoms with van der Waals surface area (Å²) in [6.07, 6.45) is -9.80. The molecule has 0 aliphatic rings. The van der Waals surface area contributed by atoms with E-state index in [4.69, 9.17) is 0 Å². The van der Waals surface area contributed by atoms with Gasteiger partial charge < -0.3 is 5.11 Å². The molecule has 0 saturated heterocycles. The van der Waals surface area contributed by atoms with Gasteiger partial charge in [-0.1, -0.05) is 6.07 Å². The molecule has 0 amide bonds. The summed E-state index contributed by atoms with van der Waals surface area (Å²) in [5.41, 5.74) is -2.45. The van der Waals surface area contributed by atoms with Crippen LogP contribution in [0.1, 0.15) is 16.7 Å². The van der Waals surface area contributed by atoms with Crippen molar-refractivity contribution in [2.45, 2.75) is 19.3 Å². The van der Waals surface area contributed by atoms with Crippen molar-refractivity contribution in [3.8, 4) is 16.9 Å². The van der Waals surface area contributed by atoms with E-state index in [2.05, 4.69) is 0 Å². The van der Waals surface area contributed by atoms with Crippen LogP contribution in [0.4, 0.5) is 26.3 Å². The average molecular weight is 320 g/mol. The molecule has 118 valence electrons. The molecule has 0 saturated carbocycles. The smallest absolute Gasteiger partial charge is 0.416 e. The Labute approximate surface area is 121 Å². The Morgan fingerprint density at radius 1 is 0.682 bits per heavy atom. The van der Waals surface area contributed by atoms with Gasteiger partial charge in [-0.3, -0.25) is 0 Å². The van der Waals surface area contributed by atoms with Gasteiger partial charge in [0.2, 0.25) is 0 Å². The van der Waals surface area contributed by atoms with Crippen molar-refractivity contribution < 1.29 is 31.4 Å². The molecule has 1 nitrogen and oxygen atoms in total. The standard InChI is InChI=1S/C15H10F6O/c1-8-2-9(6-13(22)3-8)10-4-11(14(16,17)18)7-12(5-10)15(19,20)21/h2-7,22H,1H3. The van der Waals surface area contributed by atoms with Gasteiger partial charge in [0.05, 0.1) is 11.1 Å². The summed E-state index contributed by atoms with van der Waals surface area (Å²) in [5.74, 6) is -0.235. The Balaban J connectivity index is 2.70. The average Bonchev–Trinajstić information content (AvgIpc) is 2.35. The largest absolute Gasteiger partial charge is 0.508 e. The zero-order chi connectivity index (χ0) is 16.7. The molecule has 2 aromatic carbocycles. The lowest BCUT2D eigenvalue weighted by molar-refractivity contribution is -0.143. The second kappa shape index (κ2) is 5.23. The molecule has 1 N–H and O–H groups in total. The molecule has 0 bridgehead atoms. The second-order valence-corrected chi connectivity index (χ2v) is 4.85.